The van der Waals surface area contributed by atoms with Crippen LogP contribution in [-0.2, 0) is 23.8 Å². The van der Waals surface area contributed by atoms with Crippen LogP contribution in [0.1, 0.15) is 50.2 Å². The van der Waals surface area contributed by atoms with Crippen molar-refractivity contribution in [2.75, 3.05) is 18.5 Å². The average molecular weight is 553 g/mol. The van der Waals surface area contributed by atoms with Gasteiger partial charge < -0.3 is 14.2 Å². The third-order valence-electron chi connectivity index (χ3n) is 6.32. The molecule has 210 valence electrons. The van der Waals surface area contributed by atoms with Gasteiger partial charge in [-0.25, -0.2) is 9.78 Å². The summed E-state index contributed by atoms with van der Waals surface area (Å²) in [6.45, 7) is 4.19. The Labute approximate surface area is 227 Å². The normalized spacial score (nSPS) is 20.2. The van der Waals surface area contributed by atoms with Gasteiger partial charge in [0, 0.05) is 36.6 Å². The van der Waals surface area contributed by atoms with Crippen molar-refractivity contribution in [1.82, 2.24) is 19.5 Å². The molecule has 1 saturated heterocycles. The number of nitrogens with one attached hydrogen (secondary N) is 2. The van der Waals surface area contributed by atoms with E-state index in [1.807, 2.05) is 0 Å². The second-order valence-corrected chi connectivity index (χ2v) is 9.48. The minimum Gasteiger partial charge on any atom is -0.455 e. The fraction of sp³-hybridized carbons (Fsp3) is 0.440. The fourth-order valence-corrected chi connectivity index (χ4v) is 4.38. The molecule has 2 N–H and O–H groups in total. The number of hydrogen-bond donors (Lipinski definition) is 2. The number of H-pyrrole nitrogens is 1. The van der Waals surface area contributed by atoms with Crippen molar-refractivity contribution in [2.24, 2.45) is 17.0 Å². The van der Waals surface area contributed by atoms with Crippen LogP contribution in [0.4, 0.5) is 5.95 Å². The molecule has 3 heterocycles. The lowest BCUT2D eigenvalue weighted by Crippen LogP contribution is -2.45. The van der Waals surface area contributed by atoms with Crippen molar-refractivity contribution in [3.8, 4) is 0 Å². The van der Waals surface area contributed by atoms with Crippen LogP contribution in [0.25, 0.3) is 21.6 Å². The van der Waals surface area contributed by atoms with E-state index < -0.39 is 42.0 Å². The van der Waals surface area contributed by atoms with E-state index in [1.165, 1.54) is 17.8 Å². The Kier molecular flexibility index (Phi) is 8.46. The molecule has 2 aromatic heterocycles. The number of fused-ring (bicyclic) bond motifs is 1. The van der Waals surface area contributed by atoms with Crippen LogP contribution in [0.15, 0.2) is 46.6 Å². The molecule has 1 amide bonds. The molecule has 0 spiro atoms. The highest BCUT2D eigenvalue weighted by Gasteiger charge is 2.53. The number of benzene rings is 1. The van der Waals surface area contributed by atoms with Crippen LogP contribution in [-0.4, -0.2) is 56.3 Å². The quantitative estimate of drug-likeness (QED) is 0.164. The minimum atomic E-state index is -1.74. The summed E-state index contributed by atoms with van der Waals surface area (Å²) in [5, 5.41) is 6.14. The maximum atomic E-state index is 12.7. The molecule has 0 unspecified atom stereocenters. The Bertz CT molecular complexity index is 1510. The summed E-state index contributed by atoms with van der Waals surface area (Å²) in [4.78, 5) is 63.5. The predicted octanol–water partition coefficient (Wildman–Crippen LogP) is 3.07. The zero-order valence-corrected chi connectivity index (χ0v) is 22.1. The Morgan fingerprint density at radius 2 is 2.08 bits per heavy atom. The lowest BCUT2D eigenvalue weighted by Gasteiger charge is -2.33. The first-order chi connectivity index (χ1) is 19.1. The van der Waals surface area contributed by atoms with Gasteiger partial charge in [-0.05, 0) is 24.1 Å². The van der Waals surface area contributed by atoms with Gasteiger partial charge in [-0.15, -0.1) is 0 Å². The van der Waals surface area contributed by atoms with Gasteiger partial charge in [-0.2, -0.15) is 4.98 Å². The van der Waals surface area contributed by atoms with Gasteiger partial charge in [0.05, 0.1) is 11.9 Å². The summed E-state index contributed by atoms with van der Waals surface area (Å²) in [6.07, 6.45) is 0.895. The van der Waals surface area contributed by atoms with Crippen molar-refractivity contribution in [3.05, 3.63) is 63.0 Å². The van der Waals surface area contributed by atoms with Gasteiger partial charge in [-0.3, -0.25) is 29.3 Å². The van der Waals surface area contributed by atoms with E-state index in [2.05, 4.69) is 30.3 Å². The van der Waals surface area contributed by atoms with E-state index >= 15 is 0 Å². The van der Waals surface area contributed by atoms with Crippen LogP contribution in [0.2, 0.25) is 0 Å². The number of ether oxygens (including phenoxy) is 3. The third-order valence-corrected chi connectivity index (χ3v) is 6.32. The van der Waals surface area contributed by atoms with Crippen molar-refractivity contribution < 1.29 is 28.6 Å². The topological polar surface area (TPSA) is 203 Å². The molecule has 1 aliphatic rings. The first-order valence-electron chi connectivity index (χ1n) is 12.5. The monoisotopic (exact) mass is 552 g/mol. The lowest BCUT2D eigenvalue weighted by atomic mass is 9.93. The van der Waals surface area contributed by atoms with Gasteiger partial charge >= 0.3 is 11.9 Å². The maximum Gasteiger partial charge on any atom is 0.338 e. The largest absolute Gasteiger partial charge is 0.455 e. The second-order valence-electron chi connectivity index (χ2n) is 9.48. The number of aromatic nitrogens is 4. The van der Waals surface area contributed by atoms with Crippen LogP contribution in [0.5, 0.6) is 0 Å². The number of aromatic amines is 1. The number of carbonyl (C=O) groups excluding carboxylic acids is 3. The summed E-state index contributed by atoms with van der Waals surface area (Å²) in [6, 6.07) is 8.27. The van der Waals surface area contributed by atoms with E-state index in [1.54, 1.807) is 44.2 Å². The maximum absolute atomic E-state index is 12.7. The lowest BCUT2D eigenvalue weighted by molar-refractivity contribution is -0.259. The van der Waals surface area contributed by atoms with Crippen LogP contribution in [0.3, 0.4) is 0 Å². The SMILES string of the molecule is CC(=O)O[C@@]1(COC(=O)c2ccccc2)O[C@@H](n2cnc3c(=O)[nH]c(NC(=O)C(C)C)nc32)C[C@H]1CCN=[N+]=[N-]. The van der Waals surface area contributed by atoms with Gasteiger partial charge in [0.25, 0.3) is 11.3 Å². The Morgan fingerprint density at radius 1 is 1.32 bits per heavy atom. The van der Waals surface area contributed by atoms with Crippen molar-refractivity contribution in [3.63, 3.8) is 0 Å². The van der Waals surface area contributed by atoms with E-state index in [-0.39, 0.29) is 48.3 Å². The highest BCUT2D eigenvalue weighted by atomic mass is 16.7. The number of imidazole rings is 1. The van der Waals surface area contributed by atoms with Crippen molar-refractivity contribution >= 4 is 35.0 Å². The number of hydrogen-bond acceptors (Lipinski definition) is 10. The molecule has 1 aliphatic heterocycles. The molecular formula is C25H28N8O7. The summed E-state index contributed by atoms with van der Waals surface area (Å²) >= 11 is 0. The molecule has 0 saturated carbocycles. The zero-order chi connectivity index (χ0) is 28.9. The molecule has 1 aromatic carbocycles. The minimum absolute atomic E-state index is 0.00253. The summed E-state index contributed by atoms with van der Waals surface area (Å²) in [7, 11) is 0. The van der Waals surface area contributed by atoms with E-state index in [9.17, 15) is 19.2 Å². The van der Waals surface area contributed by atoms with Crippen molar-refractivity contribution in [1.29, 1.82) is 0 Å². The number of esters is 2. The number of amides is 1. The average Bonchev–Trinajstić information content (AvgIpc) is 3.49. The Hall–Kier alpha value is -4.75. The molecule has 40 heavy (non-hydrogen) atoms. The molecule has 3 atom stereocenters. The molecule has 3 aromatic rings. The van der Waals surface area contributed by atoms with E-state index in [0.717, 1.165) is 0 Å². The van der Waals surface area contributed by atoms with E-state index in [4.69, 9.17) is 19.7 Å². The highest BCUT2D eigenvalue weighted by molar-refractivity contribution is 5.91. The first kappa shape index (κ1) is 28.3. The Balaban J connectivity index is 1.69. The number of carbonyl (C=O) groups is 3. The number of nitrogens with zero attached hydrogens (tertiary/aromatic N) is 6. The zero-order valence-electron chi connectivity index (χ0n) is 22.1. The van der Waals surface area contributed by atoms with Crippen molar-refractivity contribution in [2.45, 2.75) is 45.6 Å². The van der Waals surface area contributed by atoms with Gasteiger partial charge in [0.1, 0.15) is 6.23 Å². The molecule has 1 fully saturated rings. The number of rotatable bonds is 10. The smallest absolute Gasteiger partial charge is 0.338 e. The van der Waals surface area contributed by atoms with Crippen LogP contribution in [0, 0.1) is 11.8 Å². The summed E-state index contributed by atoms with van der Waals surface area (Å²) < 4.78 is 18.9. The van der Waals surface area contributed by atoms with Gasteiger partial charge in [0.15, 0.2) is 17.8 Å². The third kappa shape index (κ3) is 6.11. The molecule has 15 heteroatoms. The fourth-order valence-electron chi connectivity index (χ4n) is 4.38. The molecule has 0 radical (unpaired) electrons. The van der Waals surface area contributed by atoms with Gasteiger partial charge in [0.2, 0.25) is 11.9 Å². The molecule has 15 nitrogen and oxygen atoms in total. The van der Waals surface area contributed by atoms with E-state index in [0.29, 0.717) is 5.56 Å². The summed E-state index contributed by atoms with van der Waals surface area (Å²) in [5.74, 6) is -4.44. The molecule has 4 rings (SSSR count). The standard InChI is InChI=1S/C25H28N8O7/c1-14(2)21(35)30-24-29-20-19(22(36)31-24)27-13-33(20)18-11-17(9-10-28-32-26)25(40-18,39-15(3)34)12-38-23(37)16-7-5-4-6-8-16/h4-8,13-14,17-18H,9-12H2,1-3H3,(H2,29,30,31,35,36)/t17-,18-,25+/m1/s1. The molecule has 0 bridgehead atoms. The number of anilines is 1. The van der Waals surface area contributed by atoms with Gasteiger partial charge in [-0.1, -0.05) is 37.2 Å². The van der Waals surface area contributed by atoms with Crippen LogP contribution >= 0.6 is 0 Å². The highest BCUT2D eigenvalue weighted by Crippen LogP contribution is 2.45. The number of azide groups is 1. The summed E-state index contributed by atoms with van der Waals surface area (Å²) in [5.41, 5.74) is 8.60. The molecular weight excluding hydrogens is 524 g/mol. The predicted molar refractivity (Wildman–Crippen MR) is 140 cm³/mol. The first-order valence-corrected chi connectivity index (χ1v) is 12.5. The second kappa shape index (κ2) is 12.0. The molecule has 0 aliphatic carbocycles. The van der Waals surface area contributed by atoms with Crippen LogP contribution < -0.4 is 10.9 Å². The Morgan fingerprint density at radius 3 is 2.75 bits per heavy atom.